The van der Waals surface area contributed by atoms with Crippen molar-refractivity contribution in [3.05, 3.63) is 0 Å². The number of urea groups is 1. The van der Waals surface area contributed by atoms with Gasteiger partial charge in [0.1, 0.15) is 0 Å². The van der Waals surface area contributed by atoms with Gasteiger partial charge in [-0.3, -0.25) is 4.79 Å². The number of piperidine rings is 2. The summed E-state index contributed by atoms with van der Waals surface area (Å²) in [5.41, 5.74) is 0. The van der Waals surface area contributed by atoms with Gasteiger partial charge in [-0.25, -0.2) is 4.79 Å². The van der Waals surface area contributed by atoms with Crippen LogP contribution in [0.15, 0.2) is 0 Å². The Bertz CT molecular complexity index is 394. The van der Waals surface area contributed by atoms with E-state index in [-0.39, 0.29) is 23.9 Å². The summed E-state index contributed by atoms with van der Waals surface area (Å²) in [6, 6.07) is 0.283. The van der Waals surface area contributed by atoms with Crippen molar-refractivity contribution in [2.45, 2.75) is 52.0 Å². The van der Waals surface area contributed by atoms with Gasteiger partial charge in [-0.05, 0) is 44.1 Å². The quantitative estimate of drug-likeness (QED) is 0.714. The molecule has 0 saturated carbocycles. The number of amides is 3. The van der Waals surface area contributed by atoms with Crippen molar-refractivity contribution in [2.75, 3.05) is 32.7 Å². The van der Waals surface area contributed by atoms with Gasteiger partial charge in [0.2, 0.25) is 5.91 Å². The lowest BCUT2D eigenvalue weighted by Gasteiger charge is -2.33. The van der Waals surface area contributed by atoms with Crippen LogP contribution in [0.25, 0.3) is 0 Å². The predicted molar refractivity (Wildman–Crippen MR) is 91.2 cm³/mol. The Kier molecular flexibility index (Phi) is 7.15. The fourth-order valence-electron chi connectivity index (χ4n) is 3.34. The Morgan fingerprint density at radius 3 is 2.78 bits per heavy atom. The Morgan fingerprint density at radius 1 is 1.26 bits per heavy atom. The van der Waals surface area contributed by atoms with Crippen molar-refractivity contribution in [1.82, 2.24) is 20.9 Å². The molecule has 0 aromatic heterocycles. The highest BCUT2D eigenvalue weighted by atomic mass is 16.2. The minimum Gasteiger partial charge on any atom is -0.352 e. The van der Waals surface area contributed by atoms with E-state index in [9.17, 15) is 9.59 Å². The molecule has 2 fully saturated rings. The van der Waals surface area contributed by atoms with Crippen molar-refractivity contribution >= 4 is 11.9 Å². The smallest absolute Gasteiger partial charge is 0.317 e. The number of nitrogens with zero attached hydrogens (tertiary/aromatic N) is 1. The summed E-state index contributed by atoms with van der Waals surface area (Å²) in [5.74, 6) is 0.868. The van der Waals surface area contributed by atoms with Crippen LogP contribution in [0.3, 0.4) is 0 Å². The predicted octanol–water partition coefficient (Wildman–Crippen LogP) is 1.32. The third-order valence-electron chi connectivity index (χ3n) is 4.60. The molecule has 0 radical (unpaired) electrons. The summed E-state index contributed by atoms with van der Waals surface area (Å²) in [6.45, 7) is 8.30. The Balaban J connectivity index is 1.72. The van der Waals surface area contributed by atoms with Crippen LogP contribution < -0.4 is 16.0 Å². The first-order valence-corrected chi connectivity index (χ1v) is 9.07. The van der Waals surface area contributed by atoms with Crippen molar-refractivity contribution in [1.29, 1.82) is 0 Å². The molecule has 0 aromatic rings. The van der Waals surface area contributed by atoms with Crippen molar-refractivity contribution in [3.8, 4) is 0 Å². The Morgan fingerprint density at radius 2 is 2.09 bits per heavy atom. The standard InChI is InChI=1S/C17H32N4O2/c1-13(2)10-19-17(23)21-8-4-5-14(12-21)9-16(22)20-15-6-3-7-18-11-15/h13-15,18H,3-12H2,1-2H3,(H,19,23)(H,20,22)/t14?,15-/m0/s1. The second-order valence-corrected chi connectivity index (χ2v) is 7.35. The molecule has 0 aromatic carbocycles. The van der Waals surface area contributed by atoms with E-state index in [2.05, 4.69) is 29.8 Å². The molecule has 3 N–H and O–H groups in total. The molecule has 0 spiro atoms. The van der Waals surface area contributed by atoms with Crippen LogP contribution in [0, 0.1) is 11.8 Å². The average molecular weight is 324 g/mol. The highest BCUT2D eigenvalue weighted by molar-refractivity contribution is 5.77. The van der Waals surface area contributed by atoms with E-state index in [4.69, 9.17) is 0 Å². The van der Waals surface area contributed by atoms with Crippen molar-refractivity contribution < 1.29 is 9.59 Å². The zero-order chi connectivity index (χ0) is 16.7. The minimum atomic E-state index is 0.0142. The van der Waals surface area contributed by atoms with Gasteiger partial charge in [-0.2, -0.15) is 0 Å². The normalized spacial score (nSPS) is 25.3. The summed E-state index contributed by atoms with van der Waals surface area (Å²) < 4.78 is 0. The van der Waals surface area contributed by atoms with Crippen LogP contribution in [-0.2, 0) is 4.79 Å². The van der Waals surface area contributed by atoms with E-state index >= 15 is 0 Å². The van der Waals surface area contributed by atoms with Gasteiger partial charge < -0.3 is 20.9 Å². The monoisotopic (exact) mass is 324 g/mol. The third-order valence-corrected chi connectivity index (χ3v) is 4.60. The number of likely N-dealkylation sites (tertiary alicyclic amines) is 1. The summed E-state index contributed by atoms with van der Waals surface area (Å²) in [6.07, 6.45) is 4.73. The largest absolute Gasteiger partial charge is 0.352 e. The summed E-state index contributed by atoms with van der Waals surface area (Å²) >= 11 is 0. The lowest BCUT2D eigenvalue weighted by atomic mass is 9.94. The molecule has 2 heterocycles. The number of carbonyl (C=O) groups is 2. The zero-order valence-electron chi connectivity index (χ0n) is 14.6. The molecule has 2 aliphatic heterocycles. The molecule has 2 rings (SSSR count). The van der Waals surface area contributed by atoms with Crippen LogP contribution in [0.2, 0.25) is 0 Å². The molecule has 2 aliphatic rings. The van der Waals surface area contributed by atoms with Gasteiger partial charge in [0.05, 0.1) is 0 Å². The number of rotatable bonds is 5. The van der Waals surface area contributed by atoms with Crippen molar-refractivity contribution in [2.24, 2.45) is 11.8 Å². The number of nitrogens with one attached hydrogen (secondary N) is 3. The number of hydrogen-bond acceptors (Lipinski definition) is 3. The molecule has 0 aliphatic carbocycles. The van der Waals surface area contributed by atoms with Gasteiger partial charge in [0.25, 0.3) is 0 Å². The lowest BCUT2D eigenvalue weighted by molar-refractivity contribution is -0.123. The molecule has 23 heavy (non-hydrogen) atoms. The van der Waals surface area contributed by atoms with Gasteiger partial charge in [-0.1, -0.05) is 13.8 Å². The molecule has 1 unspecified atom stereocenters. The summed E-state index contributed by atoms with van der Waals surface area (Å²) in [5, 5.41) is 9.41. The minimum absolute atomic E-state index is 0.0142. The number of carbonyl (C=O) groups excluding carboxylic acids is 2. The molecule has 132 valence electrons. The fraction of sp³-hybridized carbons (Fsp3) is 0.882. The fourth-order valence-corrected chi connectivity index (χ4v) is 3.34. The Hall–Kier alpha value is -1.30. The van der Waals surface area contributed by atoms with Crippen LogP contribution in [0.5, 0.6) is 0 Å². The van der Waals surface area contributed by atoms with E-state index in [1.165, 1.54) is 0 Å². The first-order chi connectivity index (χ1) is 11.0. The molecule has 2 saturated heterocycles. The summed E-state index contributed by atoms with van der Waals surface area (Å²) in [7, 11) is 0. The van der Waals surface area contributed by atoms with E-state index in [1.54, 1.807) is 0 Å². The van der Waals surface area contributed by atoms with E-state index < -0.39 is 0 Å². The van der Waals surface area contributed by atoms with Gasteiger partial charge in [-0.15, -0.1) is 0 Å². The maximum absolute atomic E-state index is 12.2. The molecule has 3 amide bonds. The van der Waals surface area contributed by atoms with E-state index in [0.29, 0.717) is 25.4 Å². The summed E-state index contributed by atoms with van der Waals surface area (Å²) in [4.78, 5) is 26.2. The van der Waals surface area contributed by atoms with Gasteiger partial charge in [0.15, 0.2) is 0 Å². The van der Waals surface area contributed by atoms with Crippen molar-refractivity contribution in [3.63, 3.8) is 0 Å². The van der Waals surface area contributed by atoms with Crippen LogP contribution in [0.4, 0.5) is 4.79 Å². The molecule has 6 heteroatoms. The Labute approximate surface area is 139 Å². The first kappa shape index (κ1) is 18.0. The highest BCUT2D eigenvalue weighted by Gasteiger charge is 2.26. The molecular weight excluding hydrogens is 292 g/mol. The SMILES string of the molecule is CC(C)CNC(=O)N1CCCC(CC(=O)N[C@H]2CCCNC2)C1. The van der Waals surface area contributed by atoms with Crippen LogP contribution >= 0.6 is 0 Å². The third kappa shape index (κ3) is 6.37. The highest BCUT2D eigenvalue weighted by Crippen LogP contribution is 2.20. The van der Waals surface area contributed by atoms with Gasteiger partial charge >= 0.3 is 6.03 Å². The van der Waals surface area contributed by atoms with Gasteiger partial charge in [0, 0.05) is 38.6 Å². The van der Waals surface area contributed by atoms with Crippen LogP contribution in [-0.4, -0.2) is 55.6 Å². The molecule has 0 bridgehead atoms. The topological polar surface area (TPSA) is 73.5 Å². The maximum Gasteiger partial charge on any atom is 0.317 e. The van der Waals surface area contributed by atoms with Crippen LogP contribution in [0.1, 0.15) is 46.0 Å². The average Bonchev–Trinajstić information content (AvgIpc) is 2.53. The van der Waals surface area contributed by atoms with E-state index in [0.717, 1.165) is 45.3 Å². The van der Waals surface area contributed by atoms with E-state index in [1.807, 2.05) is 4.90 Å². The molecule has 2 atom stereocenters. The number of hydrogen-bond donors (Lipinski definition) is 3. The second-order valence-electron chi connectivity index (χ2n) is 7.35. The molecular formula is C17H32N4O2. The maximum atomic E-state index is 12.2. The second kappa shape index (κ2) is 9.11. The first-order valence-electron chi connectivity index (χ1n) is 9.07. The lowest BCUT2D eigenvalue weighted by Crippen LogP contribution is -2.48. The molecule has 6 nitrogen and oxygen atoms in total. The zero-order valence-corrected chi connectivity index (χ0v) is 14.6.